The minimum atomic E-state index is -2.71. The van der Waals surface area contributed by atoms with Gasteiger partial charge in [0.2, 0.25) is 0 Å². The Balaban J connectivity index is 2.71. The van der Waals surface area contributed by atoms with E-state index in [0.29, 0.717) is 6.61 Å². The van der Waals surface area contributed by atoms with Gasteiger partial charge in [0.25, 0.3) is 0 Å². The van der Waals surface area contributed by atoms with Crippen molar-refractivity contribution >= 4 is 13.1 Å². The van der Waals surface area contributed by atoms with Gasteiger partial charge in [-0.2, -0.15) is 0 Å². The molecule has 0 fully saturated rings. The van der Waals surface area contributed by atoms with Gasteiger partial charge in [-0.1, -0.05) is 59.8 Å². The molecule has 114 valence electrons. The third kappa shape index (κ3) is 3.85. The molecule has 4 heteroatoms. The van der Waals surface area contributed by atoms with Crippen LogP contribution < -0.4 is 0 Å². The maximum Gasteiger partial charge on any atom is 0.313 e. The zero-order valence-corrected chi connectivity index (χ0v) is 14.4. The Labute approximate surface area is 122 Å². The molecule has 0 aliphatic heterocycles. The first-order chi connectivity index (χ1) is 8.97. The summed E-state index contributed by atoms with van der Waals surface area (Å²) in [5.74, 6) is -0.356. The predicted octanol–water partition coefficient (Wildman–Crippen LogP) is 4.38. The van der Waals surface area contributed by atoms with Crippen LogP contribution in [0.5, 0.6) is 0 Å². The van der Waals surface area contributed by atoms with E-state index in [-0.39, 0.29) is 12.1 Å². The molecular formula is C16H27O3P. The first kappa shape index (κ1) is 17.2. The number of esters is 1. The minimum Gasteiger partial charge on any atom is -0.461 e. The molecule has 0 atom stereocenters. The molecule has 0 radical (unpaired) electrons. The fourth-order valence-electron chi connectivity index (χ4n) is 2.48. The van der Waals surface area contributed by atoms with Crippen LogP contribution >= 0.6 is 7.14 Å². The molecule has 0 unspecified atom stereocenters. The zero-order valence-electron chi connectivity index (χ0n) is 13.5. The summed E-state index contributed by atoms with van der Waals surface area (Å²) in [5, 5.41) is -0.809. The molecule has 0 bridgehead atoms. The van der Waals surface area contributed by atoms with E-state index in [0.717, 1.165) is 12.0 Å². The van der Waals surface area contributed by atoms with Crippen molar-refractivity contribution < 1.29 is 14.1 Å². The number of allylic oxidation sites excluding steroid dienone is 3. The van der Waals surface area contributed by atoms with Crippen LogP contribution in [0.2, 0.25) is 0 Å². The quantitative estimate of drug-likeness (QED) is 0.571. The first-order valence-electron chi connectivity index (χ1n) is 7.07. The van der Waals surface area contributed by atoms with E-state index >= 15 is 0 Å². The lowest BCUT2D eigenvalue weighted by molar-refractivity contribution is -0.139. The van der Waals surface area contributed by atoms with Gasteiger partial charge in [0.1, 0.15) is 19.9 Å². The molecule has 1 rings (SSSR count). The monoisotopic (exact) mass is 298 g/mol. The van der Waals surface area contributed by atoms with Crippen molar-refractivity contribution in [2.45, 2.75) is 58.3 Å². The highest BCUT2D eigenvalue weighted by Gasteiger charge is 2.47. The summed E-state index contributed by atoms with van der Waals surface area (Å²) in [5.41, 5.74) is 1.08. The van der Waals surface area contributed by atoms with Crippen molar-refractivity contribution in [2.75, 3.05) is 12.8 Å². The van der Waals surface area contributed by atoms with Crippen LogP contribution in [0.4, 0.5) is 0 Å². The van der Waals surface area contributed by atoms with Crippen LogP contribution in [0.25, 0.3) is 0 Å². The van der Waals surface area contributed by atoms with Gasteiger partial charge in [-0.15, -0.1) is 0 Å². The van der Waals surface area contributed by atoms with Crippen LogP contribution in [0.15, 0.2) is 23.8 Å². The second-order valence-corrected chi connectivity index (χ2v) is 11.8. The van der Waals surface area contributed by atoms with Crippen LogP contribution in [-0.4, -0.2) is 29.1 Å². The Bertz CT molecular complexity index is 455. The van der Waals surface area contributed by atoms with Gasteiger partial charge < -0.3 is 9.30 Å². The summed E-state index contributed by atoms with van der Waals surface area (Å²) in [7, 11) is -2.71. The smallest absolute Gasteiger partial charge is 0.313 e. The number of ether oxygens (including phenoxy) is 1. The lowest BCUT2D eigenvalue weighted by Crippen LogP contribution is -2.33. The van der Waals surface area contributed by atoms with Crippen molar-refractivity contribution in [3.05, 3.63) is 23.8 Å². The van der Waals surface area contributed by atoms with Crippen molar-refractivity contribution in [2.24, 2.45) is 0 Å². The highest BCUT2D eigenvalue weighted by atomic mass is 31.2. The SMILES string of the molecule is CC(C)(C)P(=O)(CC(=O)OCC1=CC=CC1)C(C)(C)C. The normalized spacial score (nSPS) is 16.2. The van der Waals surface area contributed by atoms with Crippen molar-refractivity contribution in [3.8, 4) is 0 Å². The Hall–Kier alpha value is -0.820. The van der Waals surface area contributed by atoms with E-state index in [1.54, 1.807) is 0 Å². The molecule has 1 aliphatic rings. The summed E-state index contributed by atoms with van der Waals surface area (Å²) in [6, 6.07) is 0. The Kier molecular flexibility index (Phi) is 5.08. The summed E-state index contributed by atoms with van der Waals surface area (Å²) >= 11 is 0. The zero-order chi connectivity index (χ0) is 15.6. The summed E-state index contributed by atoms with van der Waals surface area (Å²) < 4.78 is 18.6. The first-order valence-corrected chi connectivity index (χ1v) is 8.96. The highest BCUT2D eigenvalue weighted by Crippen LogP contribution is 2.66. The summed E-state index contributed by atoms with van der Waals surface area (Å²) in [6.07, 6.45) is 6.79. The lowest BCUT2D eigenvalue weighted by Gasteiger charge is -2.40. The van der Waals surface area contributed by atoms with Gasteiger partial charge in [0.05, 0.1) is 0 Å². The third-order valence-electron chi connectivity index (χ3n) is 3.79. The van der Waals surface area contributed by atoms with Gasteiger partial charge >= 0.3 is 5.97 Å². The molecule has 0 saturated heterocycles. The van der Waals surface area contributed by atoms with Crippen LogP contribution in [0.3, 0.4) is 0 Å². The number of carbonyl (C=O) groups excluding carboxylic acids is 1. The van der Waals surface area contributed by atoms with Crippen molar-refractivity contribution in [3.63, 3.8) is 0 Å². The molecule has 20 heavy (non-hydrogen) atoms. The molecule has 0 aromatic carbocycles. The maximum atomic E-state index is 13.3. The number of carbonyl (C=O) groups is 1. The Morgan fingerprint density at radius 3 is 2.15 bits per heavy atom. The van der Waals surface area contributed by atoms with Crippen molar-refractivity contribution in [1.82, 2.24) is 0 Å². The molecule has 0 aromatic rings. The Morgan fingerprint density at radius 1 is 1.20 bits per heavy atom. The second kappa shape index (κ2) is 5.89. The maximum absolute atomic E-state index is 13.3. The van der Waals surface area contributed by atoms with E-state index in [1.807, 2.05) is 59.8 Å². The molecule has 0 aromatic heterocycles. The van der Waals surface area contributed by atoms with E-state index in [9.17, 15) is 9.36 Å². The number of hydrogen-bond acceptors (Lipinski definition) is 3. The number of rotatable bonds is 4. The summed E-state index contributed by atoms with van der Waals surface area (Å²) in [4.78, 5) is 12.1. The molecule has 0 N–H and O–H groups in total. The van der Waals surface area contributed by atoms with E-state index in [4.69, 9.17) is 4.74 Å². The fourth-order valence-corrected chi connectivity index (χ4v) is 5.90. The van der Waals surface area contributed by atoms with Gasteiger partial charge in [-0.3, -0.25) is 4.79 Å². The topological polar surface area (TPSA) is 43.4 Å². The van der Waals surface area contributed by atoms with E-state index < -0.39 is 17.5 Å². The van der Waals surface area contributed by atoms with Gasteiger partial charge in [-0.05, 0) is 12.0 Å². The van der Waals surface area contributed by atoms with E-state index in [1.165, 1.54) is 0 Å². The number of hydrogen-bond donors (Lipinski definition) is 0. The molecule has 0 heterocycles. The van der Waals surface area contributed by atoms with Gasteiger partial charge in [0, 0.05) is 10.3 Å². The fraction of sp³-hybridized carbons (Fsp3) is 0.688. The van der Waals surface area contributed by atoms with Gasteiger partial charge in [-0.25, -0.2) is 0 Å². The molecular weight excluding hydrogens is 271 g/mol. The minimum absolute atomic E-state index is 0.0146. The van der Waals surface area contributed by atoms with Crippen LogP contribution in [-0.2, 0) is 14.1 Å². The molecule has 0 spiro atoms. The molecule has 1 aliphatic carbocycles. The average Bonchev–Trinajstić information content (AvgIpc) is 2.75. The van der Waals surface area contributed by atoms with Crippen molar-refractivity contribution in [1.29, 1.82) is 0 Å². The highest BCUT2D eigenvalue weighted by molar-refractivity contribution is 7.67. The predicted molar refractivity (Wildman–Crippen MR) is 84.8 cm³/mol. The summed E-state index contributed by atoms with van der Waals surface area (Å²) in [6.45, 7) is 11.9. The second-order valence-electron chi connectivity index (χ2n) is 7.36. The van der Waals surface area contributed by atoms with Crippen LogP contribution in [0.1, 0.15) is 48.0 Å². The molecule has 0 amide bonds. The molecule has 0 saturated carbocycles. The third-order valence-corrected chi connectivity index (χ3v) is 8.82. The van der Waals surface area contributed by atoms with Gasteiger partial charge in [0.15, 0.2) is 0 Å². The van der Waals surface area contributed by atoms with Crippen LogP contribution in [0, 0.1) is 0 Å². The van der Waals surface area contributed by atoms with E-state index in [2.05, 4.69) is 0 Å². The largest absolute Gasteiger partial charge is 0.461 e. The Morgan fingerprint density at radius 2 is 1.75 bits per heavy atom. The molecule has 3 nitrogen and oxygen atoms in total. The average molecular weight is 298 g/mol. The standard InChI is InChI=1S/C16H27O3P/c1-15(2,3)20(18,16(4,5)6)12-14(17)19-11-13-9-7-8-10-13/h7-9H,10-12H2,1-6H3. The lowest BCUT2D eigenvalue weighted by atomic mass is 10.2.